The van der Waals surface area contributed by atoms with Gasteiger partial charge in [-0.1, -0.05) is 26.7 Å². The second-order valence-corrected chi connectivity index (χ2v) is 4.97. The number of amides is 2. The van der Waals surface area contributed by atoms with Crippen LogP contribution in [-0.2, 0) is 0 Å². The zero-order valence-electron chi connectivity index (χ0n) is 11.2. The summed E-state index contributed by atoms with van der Waals surface area (Å²) >= 11 is 0. The van der Waals surface area contributed by atoms with Crippen LogP contribution in [0, 0.1) is 5.92 Å². The van der Waals surface area contributed by atoms with Crippen molar-refractivity contribution in [1.82, 2.24) is 10.2 Å². The number of likely N-dealkylation sites (tertiary alicyclic amines) is 1. The highest BCUT2D eigenvalue weighted by molar-refractivity contribution is 5.74. The van der Waals surface area contributed by atoms with Crippen LogP contribution in [0.4, 0.5) is 4.79 Å². The van der Waals surface area contributed by atoms with E-state index in [9.17, 15) is 4.79 Å². The summed E-state index contributed by atoms with van der Waals surface area (Å²) in [4.78, 5) is 13.9. The number of nitrogens with zero attached hydrogens (tertiary/aromatic N) is 1. The molecule has 1 saturated heterocycles. The van der Waals surface area contributed by atoms with Gasteiger partial charge >= 0.3 is 6.03 Å². The predicted octanol–water partition coefficient (Wildman–Crippen LogP) is 1.95. The van der Waals surface area contributed by atoms with E-state index in [2.05, 4.69) is 19.2 Å². The van der Waals surface area contributed by atoms with E-state index in [1.807, 2.05) is 4.90 Å². The monoisotopic (exact) mass is 241 g/mol. The maximum Gasteiger partial charge on any atom is 0.317 e. The number of urea groups is 1. The molecule has 100 valence electrons. The van der Waals surface area contributed by atoms with Crippen LogP contribution in [0.25, 0.3) is 0 Å². The van der Waals surface area contributed by atoms with Gasteiger partial charge in [0.05, 0.1) is 0 Å². The van der Waals surface area contributed by atoms with Crippen LogP contribution in [0.15, 0.2) is 0 Å². The summed E-state index contributed by atoms with van der Waals surface area (Å²) < 4.78 is 0. The first-order valence-corrected chi connectivity index (χ1v) is 6.97. The Morgan fingerprint density at radius 1 is 1.47 bits per heavy atom. The summed E-state index contributed by atoms with van der Waals surface area (Å²) in [6.07, 6.45) is 5.53. The molecule has 3 N–H and O–H groups in total. The fourth-order valence-corrected chi connectivity index (χ4v) is 2.47. The van der Waals surface area contributed by atoms with Crippen LogP contribution in [-0.4, -0.2) is 36.6 Å². The minimum absolute atomic E-state index is 0.0726. The van der Waals surface area contributed by atoms with Crippen molar-refractivity contribution in [1.29, 1.82) is 0 Å². The number of hydrogen-bond donors (Lipinski definition) is 2. The van der Waals surface area contributed by atoms with Crippen molar-refractivity contribution >= 4 is 6.03 Å². The maximum atomic E-state index is 12.0. The van der Waals surface area contributed by atoms with Gasteiger partial charge in [0, 0.05) is 25.7 Å². The molecule has 0 spiro atoms. The highest BCUT2D eigenvalue weighted by Crippen LogP contribution is 2.24. The molecule has 1 fully saturated rings. The molecule has 4 heteroatoms. The third-order valence-corrected chi connectivity index (χ3v) is 3.74. The van der Waals surface area contributed by atoms with Gasteiger partial charge in [-0.2, -0.15) is 0 Å². The molecule has 1 aliphatic heterocycles. The lowest BCUT2D eigenvalue weighted by Crippen LogP contribution is -2.53. The van der Waals surface area contributed by atoms with E-state index in [4.69, 9.17) is 5.73 Å². The standard InChI is InChI=1S/C13H27N3O/c1-3-5-7-15-13(17)16-8-6-11(4-2)9-12(16)10-14/h11-12H,3-10,14H2,1-2H3,(H,15,17). The third-order valence-electron chi connectivity index (χ3n) is 3.74. The molecular weight excluding hydrogens is 214 g/mol. The summed E-state index contributed by atoms with van der Waals surface area (Å²) in [6, 6.07) is 0.304. The summed E-state index contributed by atoms with van der Waals surface area (Å²) in [5.74, 6) is 0.739. The molecule has 0 aliphatic carbocycles. The Morgan fingerprint density at radius 2 is 2.24 bits per heavy atom. The lowest BCUT2D eigenvalue weighted by Gasteiger charge is -2.38. The van der Waals surface area contributed by atoms with Gasteiger partial charge in [-0.15, -0.1) is 0 Å². The minimum atomic E-state index is 0.0726. The zero-order chi connectivity index (χ0) is 12.7. The van der Waals surface area contributed by atoms with Crippen LogP contribution in [0.5, 0.6) is 0 Å². The highest BCUT2D eigenvalue weighted by Gasteiger charge is 2.29. The molecule has 0 bridgehead atoms. The molecule has 0 saturated carbocycles. The Morgan fingerprint density at radius 3 is 2.82 bits per heavy atom. The zero-order valence-corrected chi connectivity index (χ0v) is 11.2. The fourth-order valence-electron chi connectivity index (χ4n) is 2.47. The molecule has 0 aromatic heterocycles. The summed E-state index contributed by atoms with van der Waals surface area (Å²) in [5.41, 5.74) is 5.78. The predicted molar refractivity (Wildman–Crippen MR) is 70.9 cm³/mol. The van der Waals surface area contributed by atoms with Crippen molar-refractivity contribution < 1.29 is 4.79 Å². The Balaban J connectivity index is 2.43. The van der Waals surface area contributed by atoms with Gasteiger partial charge in [0.2, 0.25) is 0 Å². The number of carbonyl (C=O) groups is 1. The van der Waals surface area contributed by atoms with Gasteiger partial charge in [0.25, 0.3) is 0 Å². The summed E-state index contributed by atoms with van der Waals surface area (Å²) in [5, 5.41) is 2.98. The first-order valence-electron chi connectivity index (χ1n) is 6.97. The van der Waals surface area contributed by atoms with Crippen molar-refractivity contribution in [2.75, 3.05) is 19.6 Å². The molecule has 0 aromatic carbocycles. The average molecular weight is 241 g/mol. The number of nitrogens with two attached hydrogens (primary N) is 1. The molecule has 0 radical (unpaired) electrons. The van der Waals surface area contributed by atoms with E-state index in [1.54, 1.807) is 0 Å². The van der Waals surface area contributed by atoms with E-state index in [0.717, 1.165) is 44.7 Å². The Hall–Kier alpha value is -0.770. The molecular formula is C13H27N3O. The Kier molecular flexibility index (Phi) is 6.34. The number of rotatable bonds is 5. The second kappa shape index (κ2) is 7.54. The van der Waals surface area contributed by atoms with Gasteiger partial charge in [-0.3, -0.25) is 0 Å². The van der Waals surface area contributed by atoms with E-state index < -0.39 is 0 Å². The Bertz CT molecular complexity index is 233. The Labute approximate surface area is 105 Å². The van der Waals surface area contributed by atoms with Gasteiger partial charge in [-0.25, -0.2) is 4.79 Å². The smallest absolute Gasteiger partial charge is 0.317 e. The first-order chi connectivity index (χ1) is 8.22. The lowest BCUT2D eigenvalue weighted by atomic mass is 9.89. The molecule has 4 nitrogen and oxygen atoms in total. The fraction of sp³-hybridized carbons (Fsp3) is 0.923. The molecule has 17 heavy (non-hydrogen) atoms. The van der Waals surface area contributed by atoms with E-state index in [0.29, 0.717) is 6.54 Å². The van der Waals surface area contributed by atoms with Gasteiger partial charge < -0.3 is 16.0 Å². The van der Waals surface area contributed by atoms with E-state index in [1.165, 1.54) is 6.42 Å². The number of carbonyl (C=O) groups excluding carboxylic acids is 1. The SMILES string of the molecule is CCCCNC(=O)N1CCC(CC)CC1CN. The molecule has 2 atom stereocenters. The second-order valence-electron chi connectivity index (χ2n) is 4.97. The lowest BCUT2D eigenvalue weighted by molar-refractivity contribution is 0.129. The quantitative estimate of drug-likeness (QED) is 0.723. The van der Waals surface area contributed by atoms with Crippen molar-refractivity contribution in [3.05, 3.63) is 0 Å². The van der Waals surface area contributed by atoms with Crippen molar-refractivity contribution in [2.45, 2.75) is 52.0 Å². The number of piperidine rings is 1. The number of unbranched alkanes of at least 4 members (excludes halogenated alkanes) is 1. The van der Waals surface area contributed by atoms with Gasteiger partial charge in [0.1, 0.15) is 0 Å². The number of nitrogens with one attached hydrogen (secondary N) is 1. The topological polar surface area (TPSA) is 58.4 Å². The van der Waals surface area contributed by atoms with Crippen LogP contribution >= 0.6 is 0 Å². The minimum Gasteiger partial charge on any atom is -0.338 e. The van der Waals surface area contributed by atoms with Crippen LogP contribution in [0.3, 0.4) is 0 Å². The highest BCUT2D eigenvalue weighted by atomic mass is 16.2. The molecule has 2 unspecified atom stereocenters. The first kappa shape index (κ1) is 14.3. The number of hydrogen-bond acceptors (Lipinski definition) is 2. The van der Waals surface area contributed by atoms with E-state index >= 15 is 0 Å². The normalized spacial score (nSPS) is 24.8. The molecule has 1 heterocycles. The van der Waals surface area contributed by atoms with Crippen LogP contribution in [0.1, 0.15) is 46.0 Å². The van der Waals surface area contributed by atoms with E-state index in [-0.39, 0.29) is 12.1 Å². The summed E-state index contributed by atoms with van der Waals surface area (Å²) in [6.45, 7) is 6.56. The third kappa shape index (κ3) is 4.19. The molecule has 0 aromatic rings. The van der Waals surface area contributed by atoms with Crippen LogP contribution < -0.4 is 11.1 Å². The molecule has 2 amide bonds. The van der Waals surface area contributed by atoms with Crippen LogP contribution in [0.2, 0.25) is 0 Å². The molecule has 1 rings (SSSR count). The maximum absolute atomic E-state index is 12.0. The van der Waals surface area contributed by atoms with Gasteiger partial charge in [0.15, 0.2) is 0 Å². The average Bonchev–Trinajstić information content (AvgIpc) is 2.38. The van der Waals surface area contributed by atoms with Gasteiger partial charge in [-0.05, 0) is 25.2 Å². The molecule has 1 aliphatic rings. The van der Waals surface area contributed by atoms with Crippen molar-refractivity contribution in [3.63, 3.8) is 0 Å². The largest absolute Gasteiger partial charge is 0.338 e. The van der Waals surface area contributed by atoms with Crippen molar-refractivity contribution in [3.8, 4) is 0 Å². The van der Waals surface area contributed by atoms with Crippen molar-refractivity contribution in [2.24, 2.45) is 11.7 Å². The summed E-state index contributed by atoms with van der Waals surface area (Å²) in [7, 11) is 0.